The molecule has 4 nitrogen and oxygen atoms in total. The Morgan fingerprint density at radius 3 is 3.05 bits per heavy atom. The largest absolute Gasteiger partial charge is 0.341 e. The summed E-state index contributed by atoms with van der Waals surface area (Å²) in [6.07, 6.45) is 6.77. The number of carbonyl (C=O) groups is 1. The van der Waals surface area contributed by atoms with Crippen LogP contribution in [0.2, 0.25) is 0 Å². The van der Waals surface area contributed by atoms with Gasteiger partial charge in [0.25, 0.3) is 0 Å². The fraction of sp³-hybridized carbons (Fsp3) is 0.647. The predicted octanol–water partition coefficient (Wildman–Crippen LogP) is 2.31. The number of hydrogen-bond donors (Lipinski definition) is 1. The number of unbranched alkanes of at least 4 members (excludes halogenated alkanes) is 1. The van der Waals surface area contributed by atoms with Gasteiger partial charge < -0.3 is 10.2 Å². The minimum Gasteiger partial charge on any atom is -0.341 e. The van der Waals surface area contributed by atoms with Crippen molar-refractivity contribution in [1.82, 2.24) is 15.2 Å². The van der Waals surface area contributed by atoms with Crippen LogP contribution < -0.4 is 5.32 Å². The van der Waals surface area contributed by atoms with Gasteiger partial charge in [0.2, 0.25) is 5.91 Å². The first-order valence-electron chi connectivity index (χ1n) is 8.12. The van der Waals surface area contributed by atoms with E-state index in [1.54, 1.807) is 6.20 Å². The third-order valence-corrected chi connectivity index (χ3v) is 4.17. The van der Waals surface area contributed by atoms with Crippen LogP contribution in [0.3, 0.4) is 0 Å². The summed E-state index contributed by atoms with van der Waals surface area (Å²) in [6.45, 7) is 6.97. The number of rotatable bonds is 7. The van der Waals surface area contributed by atoms with E-state index in [1.165, 1.54) is 12.8 Å². The van der Waals surface area contributed by atoms with E-state index in [2.05, 4.69) is 17.2 Å². The summed E-state index contributed by atoms with van der Waals surface area (Å²) in [7, 11) is 0. The lowest BCUT2D eigenvalue weighted by molar-refractivity contribution is -0.131. The topological polar surface area (TPSA) is 45.2 Å². The van der Waals surface area contributed by atoms with Gasteiger partial charge in [0, 0.05) is 25.3 Å². The van der Waals surface area contributed by atoms with Gasteiger partial charge in [-0.3, -0.25) is 9.78 Å². The van der Waals surface area contributed by atoms with E-state index in [-0.39, 0.29) is 5.91 Å². The smallest absolute Gasteiger partial charge is 0.228 e. The number of carbonyl (C=O) groups excluding carboxylic acids is 1. The number of nitrogens with one attached hydrogen (secondary N) is 1. The Bertz CT molecular complexity index is 455. The average Bonchev–Trinajstić information content (AvgIpc) is 2.98. The Hall–Kier alpha value is -1.42. The van der Waals surface area contributed by atoms with E-state index in [0.717, 1.165) is 43.7 Å². The monoisotopic (exact) mass is 289 g/mol. The lowest BCUT2D eigenvalue weighted by atomic mass is 10.1. The second kappa shape index (κ2) is 8.13. The van der Waals surface area contributed by atoms with Crippen molar-refractivity contribution in [2.24, 2.45) is 0 Å². The molecule has 0 radical (unpaired) electrons. The Labute approximate surface area is 127 Å². The maximum atomic E-state index is 12.6. The fourth-order valence-electron chi connectivity index (χ4n) is 2.80. The molecule has 1 aromatic heterocycles. The van der Waals surface area contributed by atoms with Crippen molar-refractivity contribution in [1.29, 1.82) is 0 Å². The predicted molar refractivity (Wildman–Crippen MR) is 85.2 cm³/mol. The molecule has 21 heavy (non-hydrogen) atoms. The van der Waals surface area contributed by atoms with Crippen LogP contribution in [0.25, 0.3) is 0 Å². The summed E-state index contributed by atoms with van der Waals surface area (Å²) in [6, 6.07) is 4.40. The molecular weight excluding hydrogens is 262 g/mol. The number of amides is 1. The minimum absolute atomic E-state index is 0.207. The molecular formula is C17H27N3O. The molecule has 1 unspecified atom stereocenters. The molecule has 116 valence electrons. The van der Waals surface area contributed by atoms with E-state index < -0.39 is 0 Å². The minimum atomic E-state index is 0.207. The van der Waals surface area contributed by atoms with Gasteiger partial charge >= 0.3 is 0 Å². The number of aryl methyl sites for hydroxylation is 1. The van der Waals surface area contributed by atoms with Gasteiger partial charge in [-0.05, 0) is 44.4 Å². The van der Waals surface area contributed by atoms with Gasteiger partial charge in [0.05, 0.1) is 12.1 Å². The van der Waals surface area contributed by atoms with Crippen LogP contribution in [0, 0.1) is 6.92 Å². The molecule has 0 aliphatic carbocycles. The quantitative estimate of drug-likeness (QED) is 0.838. The van der Waals surface area contributed by atoms with Gasteiger partial charge in [0.1, 0.15) is 0 Å². The van der Waals surface area contributed by atoms with Gasteiger partial charge in [-0.2, -0.15) is 0 Å². The Morgan fingerprint density at radius 2 is 2.38 bits per heavy atom. The SMILES string of the molecule is CCCCN(CC1CCCN1)C(=O)Cc1ncccc1C. The Kier molecular flexibility index (Phi) is 6.18. The summed E-state index contributed by atoms with van der Waals surface area (Å²) in [5.74, 6) is 0.207. The van der Waals surface area contributed by atoms with Crippen molar-refractivity contribution in [3.8, 4) is 0 Å². The van der Waals surface area contributed by atoms with E-state index >= 15 is 0 Å². The standard InChI is InChI=1S/C17H27N3O/c1-3-4-11-20(13-15-8-6-9-18-15)17(21)12-16-14(2)7-5-10-19-16/h5,7,10,15,18H,3-4,6,8-9,11-13H2,1-2H3. The van der Waals surface area contributed by atoms with Crippen molar-refractivity contribution in [3.63, 3.8) is 0 Å². The van der Waals surface area contributed by atoms with Crippen LogP contribution in [-0.2, 0) is 11.2 Å². The average molecular weight is 289 g/mol. The number of hydrogen-bond acceptors (Lipinski definition) is 3. The van der Waals surface area contributed by atoms with E-state index in [4.69, 9.17) is 0 Å². The number of pyridine rings is 1. The van der Waals surface area contributed by atoms with Crippen molar-refractivity contribution in [2.45, 2.75) is 52.0 Å². The molecule has 1 amide bonds. The first-order valence-corrected chi connectivity index (χ1v) is 8.12. The first-order chi connectivity index (χ1) is 10.2. The second-order valence-corrected chi connectivity index (χ2v) is 5.93. The highest BCUT2D eigenvalue weighted by Crippen LogP contribution is 2.11. The molecule has 2 heterocycles. The molecule has 1 N–H and O–H groups in total. The van der Waals surface area contributed by atoms with Gasteiger partial charge in [-0.15, -0.1) is 0 Å². The molecule has 1 aliphatic rings. The van der Waals surface area contributed by atoms with Crippen molar-refractivity contribution in [3.05, 3.63) is 29.6 Å². The highest BCUT2D eigenvalue weighted by molar-refractivity contribution is 5.78. The van der Waals surface area contributed by atoms with E-state index in [0.29, 0.717) is 12.5 Å². The van der Waals surface area contributed by atoms with Gasteiger partial charge in [-0.1, -0.05) is 19.4 Å². The second-order valence-electron chi connectivity index (χ2n) is 5.93. The zero-order valence-electron chi connectivity index (χ0n) is 13.3. The summed E-state index contributed by atoms with van der Waals surface area (Å²) in [4.78, 5) is 19.0. The summed E-state index contributed by atoms with van der Waals surface area (Å²) < 4.78 is 0. The first kappa shape index (κ1) is 16.0. The normalized spacial score (nSPS) is 17.9. The maximum absolute atomic E-state index is 12.6. The molecule has 0 bridgehead atoms. The summed E-state index contributed by atoms with van der Waals surface area (Å²) >= 11 is 0. The molecule has 1 aromatic rings. The fourth-order valence-corrected chi connectivity index (χ4v) is 2.80. The zero-order chi connectivity index (χ0) is 15.1. The zero-order valence-corrected chi connectivity index (χ0v) is 13.3. The van der Waals surface area contributed by atoms with Crippen LogP contribution in [0.15, 0.2) is 18.3 Å². The van der Waals surface area contributed by atoms with Gasteiger partial charge in [-0.25, -0.2) is 0 Å². The molecule has 1 saturated heterocycles. The molecule has 4 heteroatoms. The van der Waals surface area contributed by atoms with E-state index in [9.17, 15) is 4.79 Å². The number of nitrogens with zero attached hydrogens (tertiary/aromatic N) is 2. The maximum Gasteiger partial charge on any atom is 0.228 e. The van der Waals surface area contributed by atoms with Crippen LogP contribution in [0.4, 0.5) is 0 Å². The van der Waals surface area contributed by atoms with Gasteiger partial charge in [0.15, 0.2) is 0 Å². The van der Waals surface area contributed by atoms with Crippen LogP contribution in [0.1, 0.15) is 43.9 Å². The highest BCUT2D eigenvalue weighted by atomic mass is 16.2. The number of aromatic nitrogens is 1. The van der Waals surface area contributed by atoms with Crippen molar-refractivity contribution >= 4 is 5.91 Å². The molecule has 0 saturated carbocycles. The Balaban J connectivity index is 1.97. The highest BCUT2D eigenvalue weighted by Gasteiger charge is 2.21. The summed E-state index contributed by atoms with van der Waals surface area (Å²) in [5.41, 5.74) is 2.00. The van der Waals surface area contributed by atoms with Crippen LogP contribution in [0.5, 0.6) is 0 Å². The van der Waals surface area contributed by atoms with E-state index in [1.807, 2.05) is 24.0 Å². The lowest BCUT2D eigenvalue weighted by Gasteiger charge is -2.26. The molecule has 1 aliphatic heterocycles. The molecule has 1 fully saturated rings. The molecule has 0 aromatic carbocycles. The van der Waals surface area contributed by atoms with Crippen molar-refractivity contribution < 1.29 is 4.79 Å². The third-order valence-electron chi connectivity index (χ3n) is 4.17. The van der Waals surface area contributed by atoms with Crippen LogP contribution >= 0.6 is 0 Å². The lowest BCUT2D eigenvalue weighted by Crippen LogP contribution is -2.42. The molecule has 1 atom stereocenters. The third kappa shape index (κ3) is 4.81. The molecule has 2 rings (SSSR count). The Morgan fingerprint density at radius 1 is 1.52 bits per heavy atom. The van der Waals surface area contributed by atoms with Crippen molar-refractivity contribution in [2.75, 3.05) is 19.6 Å². The summed E-state index contributed by atoms with van der Waals surface area (Å²) in [5, 5.41) is 3.48. The van der Waals surface area contributed by atoms with Crippen LogP contribution in [-0.4, -0.2) is 41.5 Å². The molecule has 0 spiro atoms.